The minimum absolute atomic E-state index is 0.00325. The third kappa shape index (κ3) is 5.24. The lowest BCUT2D eigenvalue weighted by atomic mass is 9.79. The Hall–Kier alpha value is -3.35. The van der Waals surface area contributed by atoms with Crippen molar-refractivity contribution in [1.29, 1.82) is 0 Å². The molecule has 2 aliphatic carbocycles. The molecular formula is C27H32N2O5. The summed E-state index contributed by atoms with van der Waals surface area (Å²) in [5.74, 6) is -1.33. The first-order valence-electron chi connectivity index (χ1n) is 11.9. The Morgan fingerprint density at radius 3 is 2.15 bits per heavy atom. The fraction of sp³-hybridized carbons (Fsp3) is 0.444. The second-order valence-electron chi connectivity index (χ2n) is 10.1. The summed E-state index contributed by atoms with van der Waals surface area (Å²) in [5.41, 5.74) is 4.07. The number of carbonyl (C=O) groups excluding carboxylic acids is 2. The van der Waals surface area contributed by atoms with Crippen molar-refractivity contribution in [2.24, 2.45) is 11.3 Å². The van der Waals surface area contributed by atoms with Crippen LogP contribution in [0.1, 0.15) is 56.6 Å². The number of aliphatic carboxylic acids is 1. The van der Waals surface area contributed by atoms with Crippen molar-refractivity contribution < 1.29 is 24.2 Å². The second kappa shape index (κ2) is 9.87. The van der Waals surface area contributed by atoms with Crippen molar-refractivity contribution in [2.45, 2.75) is 51.5 Å². The number of alkyl carbamates (subject to hydrolysis) is 1. The average Bonchev–Trinajstić information content (AvgIpc) is 3.08. The number of hydrogen-bond acceptors (Lipinski definition) is 4. The van der Waals surface area contributed by atoms with Gasteiger partial charge in [0, 0.05) is 18.9 Å². The van der Waals surface area contributed by atoms with Crippen molar-refractivity contribution in [3.8, 4) is 11.1 Å². The smallest absolute Gasteiger partial charge is 0.407 e. The molecule has 0 saturated heterocycles. The van der Waals surface area contributed by atoms with Gasteiger partial charge in [0.05, 0.1) is 0 Å². The second-order valence-corrected chi connectivity index (χ2v) is 10.1. The van der Waals surface area contributed by atoms with Gasteiger partial charge in [0.15, 0.2) is 0 Å². The van der Waals surface area contributed by atoms with Crippen LogP contribution in [0.25, 0.3) is 11.1 Å². The molecule has 0 radical (unpaired) electrons. The van der Waals surface area contributed by atoms with E-state index in [4.69, 9.17) is 4.74 Å². The number of amides is 2. The number of carbonyl (C=O) groups is 3. The number of ether oxygens (including phenoxy) is 1. The maximum atomic E-state index is 12.5. The van der Waals surface area contributed by atoms with Crippen LogP contribution in [0.15, 0.2) is 48.5 Å². The highest BCUT2D eigenvalue weighted by molar-refractivity contribution is 5.84. The number of rotatable bonds is 9. The highest BCUT2D eigenvalue weighted by atomic mass is 16.5. The normalized spacial score (nSPS) is 16.1. The van der Waals surface area contributed by atoms with Crippen molar-refractivity contribution in [3.05, 3.63) is 59.7 Å². The van der Waals surface area contributed by atoms with E-state index in [1.165, 1.54) is 11.1 Å². The fourth-order valence-electron chi connectivity index (χ4n) is 4.84. The van der Waals surface area contributed by atoms with E-state index < -0.39 is 23.5 Å². The predicted molar refractivity (Wildman–Crippen MR) is 128 cm³/mol. The maximum Gasteiger partial charge on any atom is 0.407 e. The Bertz CT molecular complexity index is 1030. The largest absolute Gasteiger partial charge is 0.480 e. The first-order valence-corrected chi connectivity index (χ1v) is 11.9. The molecule has 2 amide bonds. The minimum Gasteiger partial charge on any atom is -0.480 e. The molecule has 2 aromatic rings. The molecule has 2 aliphatic rings. The molecule has 1 atom stereocenters. The number of benzene rings is 2. The lowest BCUT2D eigenvalue weighted by Gasteiger charge is -2.32. The van der Waals surface area contributed by atoms with Gasteiger partial charge in [0.2, 0.25) is 5.91 Å². The summed E-state index contributed by atoms with van der Waals surface area (Å²) >= 11 is 0. The Labute approximate surface area is 199 Å². The van der Waals surface area contributed by atoms with Gasteiger partial charge in [-0.2, -0.15) is 0 Å². The lowest BCUT2D eigenvalue weighted by Crippen LogP contribution is -2.49. The third-order valence-corrected chi connectivity index (χ3v) is 6.90. The molecule has 0 aromatic heterocycles. The number of carboxylic acid groups (broad SMARTS) is 1. The van der Waals surface area contributed by atoms with Crippen LogP contribution in [0.5, 0.6) is 0 Å². The van der Waals surface area contributed by atoms with Gasteiger partial charge < -0.3 is 20.5 Å². The molecule has 2 aromatic carbocycles. The first kappa shape index (κ1) is 23.8. The molecular weight excluding hydrogens is 432 g/mol. The van der Waals surface area contributed by atoms with Crippen LogP contribution in [-0.2, 0) is 14.3 Å². The van der Waals surface area contributed by atoms with Crippen LogP contribution >= 0.6 is 0 Å². The summed E-state index contributed by atoms with van der Waals surface area (Å²) in [6, 6.07) is 15.5. The van der Waals surface area contributed by atoms with Crippen molar-refractivity contribution in [3.63, 3.8) is 0 Å². The zero-order valence-electron chi connectivity index (χ0n) is 19.7. The van der Waals surface area contributed by atoms with Crippen LogP contribution in [0.3, 0.4) is 0 Å². The zero-order valence-corrected chi connectivity index (χ0v) is 19.7. The minimum atomic E-state index is -0.993. The van der Waals surface area contributed by atoms with Gasteiger partial charge in [0.1, 0.15) is 12.6 Å². The molecule has 0 aliphatic heterocycles. The van der Waals surface area contributed by atoms with Crippen LogP contribution in [0, 0.1) is 11.3 Å². The van der Waals surface area contributed by atoms with Crippen LogP contribution in [0.4, 0.5) is 4.79 Å². The van der Waals surface area contributed by atoms with E-state index >= 15 is 0 Å². The van der Waals surface area contributed by atoms with E-state index in [1.807, 2.05) is 38.1 Å². The maximum absolute atomic E-state index is 12.5. The summed E-state index contributed by atoms with van der Waals surface area (Å²) < 4.78 is 5.56. The highest BCUT2D eigenvalue weighted by Gasteiger charge is 2.35. The zero-order chi connectivity index (χ0) is 24.3. The van der Waals surface area contributed by atoms with Gasteiger partial charge in [-0.15, -0.1) is 0 Å². The molecule has 180 valence electrons. The molecule has 7 heteroatoms. The standard InChI is InChI=1S/C27H32N2O5/c1-27(2,14-23(30)29-24(25(31)32)17-8-7-9-17)16-28-26(33)34-15-22-20-12-5-3-10-18(20)19-11-4-6-13-21(19)22/h3-6,10-13,17,22,24H,7-9,14-16H2,1-2H3,(H,28,33)(H,29,30)(H,31,32). The molecule has 0 heterocycles. The van der Waals surface area contributed by atoms with Gasteiger partial charge in [-0.05, 0) is 46.4 Å². The monoisotopic (exact) mass is 464 g/mol. The summed E-state index contributed by atoms with van der Waals surface area (Å²) in [4.78, 5) is 36.4. The van der Waals surface area contributed by atoms with Crippen LogP contribution in [0.2, 0.25) is 0 Å². The molecule has 34 heavy (non-hydrogen) atoms. The molecule has 0 bridgehead atoms. The fourth-order valence-corrected chi connectivity index (χ4v) is 4.84. The summed E-state index contributed by atoms with van der Waals surface area (Å²) in [6.45, 7) is 4.17. The average molecular weight is 465 g/mol. The van der Waals surface area contributed by atoms with Crippen LogP contribution in [-0.4, -0.2) is 42.3 Å². The molecule has 4 rings (SSSR count). The van der Waals surface area contributed by atoms with Gasteiger partial charge in [-0.1, -0.05) is 68.8 Å². The SMILES string of the molecule is CC(C)(CNC(=O)OCC1c2ccccc2-c2ccccc21)CC(=O)NC(C(=O)O)C1CCC1. The van der Waals surface area contributed by atoms with E-state index in [0.717, 1.165) is 30.4 Å². The molecule has 1 saturated carbocycles. The Kier molecular flexibility index (Phi) is 6.91. The summed E-state index contributed by atoms with van der Waals surface area (Å²) in [6.07, 6.45) is 2.22. The number of nitrogens with one attached hydrogen (secondary N) is 2. The topological polar surface area (TPSA) is 105 Å². The van der Waals surface area contributed by atoms with E-state index in [2.05, 4.69) is 34.9 Å². The van der Waals surface area contributed by atoms with Crippen molar-refractivity contribution >= 4 is 18.0 Å². The number of carboxylic acids is 1. The quantitative estimate of drug-likeness (QED) is 0.513. The van der Waals surface area contributed by atoms with Crippen LogP contribution < -0.4 is 10.6 Å². The van der Waals surface area contributed by atoms with Gasteiger partial charge in [-0.3, -0.25) is 4.79 Å². The lowest BCUT2D eigenvalue weighted by molar-refractivity contribution is -0.144. The van der Waals surface area contributed by atoms with E-state index in [1.54, 1.807) is 0 Å². The molecule has 7 nitrogen and oxygen atoms in total. The Morgan fingerprint density at radius 2 is 1.62 bits per heavy atom. The first-order chi connectivity index (χ1) is 16.2. The third-order valence-electron chi connectivity index (χ3n) is 6.90. The number of hydrogen-bond donors (Lipinski definition) is 3. The van der Waals surface area contributed by atoms with E-state index in [0.29, 0.717) is 0 Å². The van der Waals surface area contributed by atoms with Gasteiger partial charge in [0.25, 0.3) is 0 Å². The molecule has 1 unspecified atom stereocenters. The molecule has 1 fully saturated rings. The number of fused-ring (bicyclic) bond motifs is 3. The Morgan fingerprint density at radius 1 is 1.03 bits per heavy atom. The predicted octanol–water partition coefficient (Wildman–Crippen LogP) is 4.31. The molecule has 0 spiro atoms. The molecule has 3 N–H and O–H groups in total. The van der Waals surface area contributed by atoms with E-state index in [9.17, 15) is 19.5 Å². The van der Waals surface area contributed by atoms with Crippen molar-refractivity contribution in [2.75, 3.05) is 13.2 Å². The van der Waals surface area contributed by atoms with Gasteiger partial charge in [-0.25, -0.2) is 9.59 Å². The summed E-state index contributed by atoms with van der Waals surface area (Å²) in [7, 11) is 0. The van der Waals surface area contributed by atoms with E-state index in [-0.39, 0.29) is 37.3 Å². The van der Waals surface area contributed by atoms with Gasteiger partial charge >= 0.3 is 12.1 Å². The summed E-state index contributed by atoms with van der Waals surface area (Å²) in [5, 5.41) is 14.8. The Balaban J connectivity index is 1.27. The highest BCUT2D eigenvalue weighted by Crippen LogP contribution is 2.44. The van der Waals surface area contributed by atoms with Crippen molar-refractivity contribution in [1.82, 2.24) is 10.6 Å².